The Morgan fingerprint density at radius 3 is 2.24 bits per heavy atom. The number of rotatable bonds is 6. The number of hydrogen-bond donors (Lipinski definition) is 1. The largest absolute Gasteiger partial charge is 0.377 e. The Morgan fingerprint density at radius 2 is 1.61 bits per heavy atom. The third-order valence-corrected chi connectivity index (χ3v) is 8.71. The third kappa shape index (κ3) is 5.48. The van der Waals surface area contributed by atoms with Gasteiger partial charge in [0.1, 0.15) is 23.3 Å². The summed E-state index contributed by atoms with van der Waals surface area (Å²) in [7, 11) is -2.10. The second-order valence-corrected chi connectivity index (χ2v) is 12.5. The molecule has 0 bridgehead atoms. The molecule has 41 heavy (non-hydrogen) atoms. The summed E-state index contributed by atoms with van der Waals surface area (Å²) in [5, 5.41) is 3.56. The topological polar surface area (TPSA) is 100 Å². The highest BCUT2D eigenvalue weighted by Gasteiger charge is 2.25. The third-order valence-electron chi connectivity index (χ3n) is 7.57. The van der Waals surface area contributed by atoms with Crippen LogP contribution >= 0.6 is 0 Å². The first-order valence-corrected chi connectivity index (χ1v) is 15.1. The molecule has 5 rings (SSSR count). The fourth-order valence-electron chi connectivity index (χ4n) is 5.33. The zero-order valence-electron chi connectivity index (χ0n) is 23.6. The molecule has 12 heteroatoms. The lowest BCUT2D eigenvalue weighted by Crippen LogP contribution is -2.48. The quantitative estimate of drug-likeness (QED) is 0.362. The summed E-state index contributed by atoms with van der Waals surface area (Å²) < 4.78 is 55.5. The molecule has 1 fully saturated rings. The number of nitrogens with zero attached hydrogens (tertiary/aromatic N) is 5. The smallest absolute Gasteiger partial charge is 0.262 e. The molecule has 9 nitrogen and oxygen atoms in total. The predicted molar refractivity (Wildman–Crippen MR) is 157 cm³/mol. The second-order valence-electron chi connectivity index (χ2n) is 10.5. The van der Waals surface area contributed by atoms with Gasteiger partial charge in [0.15, 0.2) is 9.84 Å². The van der Waals surface area contributed by atoms with Crippen molar-refractivity contribution in [3.05, 3.63) is 81.7 Å². The van der Waals surface area contributed by atoms with E-state index in [-0.39, 0.29) is 16.0 Å². The van der Waals surface area contributed by atoms with E-state index in [1.165, 1.54) is 16.7 Å². The van der Waals surface area contributed by atoms with Gasteiger partial charge in [0.2, 0.25) is 0 Å². The van der Waals surface area contributed by atoms with Gasteiger partial charge < -0.3 is 15.1 Å². The molecular formula is C29H32F2N6O3S. The highest BCUT2D eigenvalue weighted by atomic mass is 32.2. The van der Waals surface area contributed by atoms with Crippen molar-refractivity contribution < 1.29 is 17.2 Å². The lowest BCUT2D eigenvalue weighted by Gasteiger charge is -2.37. The van der Waals surface area contributed by atoms with Crippen LogP contribution in [-0.2, 0) is 16.9 Å². The van der Waals surface area contributed by atoms with Crippen LogP contribution in [0.4, 0.5) is 26.0 Å². The van der Waals surface area contributed by atoms with Crippen LogP contribution in [0.25, 0.3) is 10.8 Å². The van der Waals surface area contributed by atoms with E-state index in [0.29, 0.717) is 54.3 Å². The maximum Gasteiger partial charge on any atom is 0.262 e. The molecule has 1 atom stereocenters. The van der Waals surface area contributed by atoms with E-state index in [2.05, 4.69) is 25.1 Å². The van der Waals surface area contributed by atoms with Gasteiger partial charge >= 0.3 is 0 Å². The van der Waals surface area contributed by atoms with Gasteiger partial charge in [-0.2, -0.15) is 0 Å². The number of piperazine rings is 1. The van der Waals surface area contributed by atoms with E-state index in [4.69, 9.17) is 0 Å². The highest BCUT2D eigenvalue weighted by Crippen LogP contribution is 2.33. The van der Waals surface area contributed by atoms with Crippen molar-refractivity contribution in [3.8, 4) is 0 Å². The molecule has 1 aliphatic heterocycles. The van der Waals surface area contributed by atoms with Crippen molar-refractivity contribution in [2.75, 3.05) is 47.6 Å². The Bertz CT molecular complexity index is 1800. The summed E-state index contributed by atoms with van der Waals surface area (Å²) in [5.41, 5.74) is 1.60. The second kappa shape index (κ2) is 10.7. The van der Waals surface area contributed by atoms with Gasteiger partial charge in [0.05, 0.1) is 34.1 Å². The van der Waals surface area contributed by atoms with E-state index < -0.39 is 33.1 Å². The van der Waals surface area contributed by atoms with Gasteiger partial charge in [-0.15, -0.1) is 0 Å². The van der Waals surface area contributed by atoms with Crippen LogP contribution in [0, 0.1) is 25.5 Å². The van der Waals surface area contributed by atoms with Crippen LogP contribution in [0.3, 0.4) is 0 Å². The molecule has 1 aliphatic rings. The minimum atomic E-state index is -3.74. The summed E-state index contributed by atoms with van der Waals surface area (Å²) >= 11 is 0. The molecule has 0 spiro atoms. The number of nitrogens with one attached hydrogen (secondary N) is 1. The molecule has 3 heterocycles. The minimum absolute atomic E-state index is 0.0298. The van der Waals surface area contributed by atoms with Crippen molar-refractivity contribution in [1.82, 2.24) is 14.5 Å². The lowest BCUT2D eigenvalue weighted by molar-refractivity contribution is 0.596. The number of pyridine rings is 1. The van der Waals surface area contributed by atoms with Crippen molar-refractivity contribution in [1.29, 1.82) is 0 Å². The van der Waals surface area contributed by atoms with Gasteiger partial charge in [-0.1, -0.05) is 6.07 Å². The molecular weight excluding hydrogens is 550 g/mol. The molecule has 216 valence electrons. The van der Waals surface area contributed by atoms with Gasteiger partial charge in [0, 0.05) is 45.5 Å². The van der Waals surface area contributed by atoms with E-state index in [1.807, 2.05) is 13.0 Å². The molecule has 0 saturated carbocycles. The van der Waals surface area contributed by atoms with Crippen molar-refractivity contribution >= 4 is 37.8 Å². The average Bonchev–Trinajstić information content (AvgIpc) is 2.93. The van der Waals surface area contributed by atoms with Crippen LogP contribution in [-0.4, -0.2) is 55.4 Å². The molecule has 1 saturated heterocycles. The van der Waals surface area contributed by atoms with E-state index in [0.717, 1.165) is 18.0 Å². The minimum Gasteiger partial charge on any atom is -0.377 e. The predicted octanol–water partition coefficient (Wildman–Crippen LogP) is 4.13. The number of sulfone groups is 1. The lowest BCUT2D eigenvalue weighted by atomic mass is 9.96. The van der Waals surface area contributed by atoms with Gasteiger partial charge in [0.25, 0.3) is 5.56 Å². The summed E-state index contributed by atoms with van der Waals surface area (Å²) in [6.07, 6.45) is 4.61. The van der Waals surface area contributed by atoms with Crippen LogP contribution in [0.5, 0.6) is 0 Å². The number of anilines is 3. The summed E-state index contributed by atoms with van der Waals surface area (Å²) in [4.78, 5) is 26.2. The molecule has 0 amide bonds. The van der Waals surface area contributed by atoms with Gasteiger partial charge in [-0.05, 0) is 61.5 Å². The molecule has 4 aromatic rings. The number of benzene rings is 2. The van der Waals surface area contributed by atoms with Crippen LogP contribution in [0.2, 0.25) is 0 Å². The number of aromatic nitrogens is 3. The standard InChI is InChI=1S/C29H32F2N6O3S/c1-17-12-22(18(2)34-24-7-6-20(30)13-25(24)41(5,39)40)23-14-26(35(4)29(38)27(23)28(17)31)37-10-8-36(9-11-37)21-15-32-19(3)33-16-21/h6-7,12-16,18,34H,8-11H2,1-5H3/t18-/m1/s1. The molecule has 0 unspecified atom stereocenters. The zero-order chi connectivity index (χ0) is 29.6. The van der Waals surface area contributed by atoms with Crippen molar-refractivity contribution in [3.63, 3.8) is 0 Å². The summed E-state index contributed by atoms with van der Waals surface area (Å²) in [6, 6.07) is 6.45. The molecule has 1 N–H and O–H groups in total. The monoisotopic (exact) mass is 582 g/mol. The first-order chi connectivity index (χ1) is 19.3. The van der Waals surface area contributed by atoms with Crippen molar-refractivity contribution in [2.24, 2.45) is 7.05 Å². The summed E-state index contributed by atoms with van der Waals surface area (Å²) in [5.74, 6) is 0.0888. The number of hydrogen-bond acceptors (Lipinski definition) is 8. The zero-order valence-corrected chi connectivity index (χ0v) is 24.4. The number of aryl methyl sites for hydroxylation is 2. The number of halogens is 2. The van der Waals surface area contributed by atoms with Crippen LogP contribution in [0.1, 0.15) is 29.9 Å². The number of fused-ring (bicyclic) bond motifs is 1. The molecule has 0 aliphatic carbocycles. The van der Waals surface area contributed by atoms with E-state index in [1.54, 1.807) is 39.4 Å². The van der Waals surface area contributed by atoms with Gasteiger partial charge in [-0.25, -0.2) is 27.2 Å². The molecule has 2 aromatic heterocycles. The van der Waals surface area contributed by atoms with Crippen LogP contribution in [0.15, 0.2) is 52.4 Å². The van der Waals surface area contributed by atoms with Crippen LogP contribution < -0.4 is 20.7 Å². The Hall–Kier alpha value is -4.06. The Morgan fingerprint density at radius 1 is 0.976 bits per heavy atom. The molecule has 0 radical (unpaired) electrons. The average molecular weight is 583 g/mol. The SMILES string of the molecule is Cc1ncc(N2CCN(c3cc4c([C@@H](C)Nc5ccc(F)cc5S(C)(=O)=O)cc(C)c(F)c4c(=O)n3C)CC2)cn1. The fourth-order valence-corrected chi connectivity index (χ4v) is 6.19. The molecule has 2 aromatic carbocycles. The highest BCUT2D eigenvalue weighted by molar-refractivity contribution is 7.90. The Kier molecular flexibility index (Phi) is 7.45. The first kappa shape index (κ1) is 28.5. The van der Waals surface area contributed by atoms with Crippen molar-refractivity contribution in [2.45, 2.75) is 31.7 Å². The maximum absolute atomic E-state index is 15.4. The maximum atomic E-state index is 15.4. The van der Waals surface area contributed by atoms with E-state index >= 15 is 4.39 Å². The summed E-state index contributed by atoms with van der Waals surface area (Å²) in [6.45, 7) is 7.83. The Labute approximate surface area is 237 Å². The Balaban J connectivity index is 1.53. The fraction of sp³-hybridized carbons (Fsp3) is 0.345. The normalized spacial score (nSPS) is 14.9. The van der Waals surface area contributed by atoms with Gasteiger partial charge in [-0.3, -0.25) is 9.36 Å². The van der Waals surface area contributed by atoms with E-state index in [9.17, 15) is 17.6 Å². The first-order valence-electron chi connectivity index (χ1n) is 13.2.